The van der Waals surface area contributed by atoms with Crippen molar-refractivity contribution in [3.8, 4) is 17.9 Å². The highest BCUT2D eigenvalue weighted by atomic mass is 19.3. The summed E-state index contributed by atoms with van der Waals surface area (Å²) in [4.78, 5) is 38.5. The molecule has 1 saturated heterocycles. The van der Waals surface area contributed by atoms with E-state index in [1.54, 1.807) is 44.3 Å². The van der Waals surface area contributed by atoms with Crippen molar-refractivity contribution >= 4 is 29.3 Å². The predicted molar refractivity (Wildman–Crippen MR) is 162 cm³/mol. The van der Waals surface area contributed by atoms with Crippen LogP contribution in [0.25, 0.3) is 0 Å². The minimum atomic E-state index is -2.83. The molecule has 2 amide bonds. The standard InChI is InChI=1S/C31H38F2N8O2/c1-23(40(4)27(42)11-8-18-39(2)3)29(43)35-17-7-5-6-10-25-21-36-30(37-26-14-12-24(20-34)13-15-26)38-28(25)41-19-9-16-31(32,33)22-41/h8,11-15,21,23H,5,7,9,16-19,22H2,1-4H3,(H,35,43)(H,36,37,38)/b11-8+/t23-/m0/s1. The number of nitrogens with zero attached hydrogens (tertiary/aromatic N) is 6. The summed E-state index contributed by atoms with van der Waals surface area (Å²) < 4.78 is 28.5. The lowest BCUT2D eigenvalue weighted by Crippen LogP contribution is -2.45. The van der Waals surface area contributed by atoms with Gasteiger partial charge in [-0.3, -0.25) is 9.59 Å². The second kappa shape index (κ2) is 15.6. The number of alkyl halides is 2. The van der Waals surface area contributed by atoms with Gasteiger partial charge in [-0.05, 0) is 58.1 Å². The molecular weight excluding hydrogens is 554 g/mol. The number of unbranched alkanes of at least 4 members (excludes halogenated alkanes) is 1. The van der Waals surface area contributed by atoms with Crippen LogP contribution in [0.3, 0.4) is 0 Å². The van der Waals surface area contributed by atoms with Crippen molar-refractivity contribution in [2.45, 2.75) is 44.6 Å². The predicted octanol–water partition coefficient (Wildman–Crippen LogP) is 3.54. The Kier molecular flexibility index (Phi) is 12.0. The average Bonchev–Trinajstić information content (AvgIpc) is 2.98. The van der Waals surface area contributed by atoms with E-state index in [0.717, 1.165) is 0 Å². The molecule has 10 nitrogen and oxygen atoms in total. The highest BCUT2D eigenvalue weighted by Crippen LogP contribution is 2.31. The van der Waals surface area contributed by atoms with E-state index >= 15 is 0 Å². The molecule has 228 valence electrons. The van der Waals surface area contributed by atoms with Crippen molar-refractivity contribution in [3.63, 3.8) is 0 Å². The van der Waals surface area contributed by atoms with Gasteiger partial charge in [0.25, 0.3) is 5.92 Å². The van der Waals surface area contributed by atoms with Gasteiger partial charge < -0.3 is 25.3 Å². The van der Waals surface area contributed by atoms with Gasteiger partial charge in [-0.1, -0.05) is 17.9 Å². The number of nitriles is 1. The molecule has 1 fully saturated rings. The van der Waals surface area contributed by atoms with Crippen molar-refractivity contribution in [2.75, 3.05) is 57.5 Å². The van der Waals surface area contributed by atoms with E-state index in [-0.39, 0.29) is 24.2 Å². The van der Waals surface area contributed by atoms with Crippen molar-refractivity contribution < 1.29 is 18.4 Å². The SMILES string of the molecule is C[C@@H](C(=O)NCCCC#Cc1cnc(Nc2ccc(C#N)cc2)nc1N1CCCC(F)(F)C1)N(C)C(=O)/C=C/CN(C)C. The Labute approximate surface area is 251 Å². The van der Waals surface area contributed by atoms with Crippen LogP contribution in [-0.4, -0.2) is 90.9 Å². The highest BCUT2D eigenvalue weighted by Gasteiger charge is 2.36. The van der Waals surface area contributed by atoms with Crippen LogP contribution >= 0.6 is 0 Å². The lowest BCUT2D eigenvalue weighted by atomic mass is 10.1. The van der Waals surface area contributed by atoms with E-state index in [2.05, 4.69) is 38.5 Å². The Morgan fingerprint density at radius 1 is 1.23 bits per heavy atom. The molecule has 1 aromatic carbocycles. The zero-order valence-electron chi connectivity index (χ0n) is 25.0. The fraction of sp³-hybridized carbons (Fsp3) is 0.452. The molecule has 1 aliphatic rings. The summed E-state index contributed by atoms with van der Waals surface area (Å²) in [6.07, 6.45) is 5.87. The molecule has 3 rings (SSSR count). The number of amides is 2. The second-order valence-corrected chi connectivity index (χ2v) is 10.6. The number of carbonyl (C=O) groups is 2. The molecular formula is C31H38F2N8O2. The van der Waals surface area contributed by atoms with Gasteiger partial charge in [0.05, 0.1) is 29.9 Å². The van der Waals surface area contributed by atoms with Crippen LogP contribution in [0.4, 0.5) is 26.2 Å². The van der Waals surface area contributed by atoms with Crippen LogP contribution in [0, 0.1) is 23.2 Å². The third kappa shape index (κ3) is 10.3. The minimum absolute atomic E-state index is 0.173. The molecule has 0 saturated carbocycles. The molecule has 0 unspecified atom stereocenters. The summed E-state index contributed by atoms with van der Waals surface area (Å²) >= 11 is 0. The maximum atomic E-state index is 14.3. The number of hydrogen-bond donors (Lipinski definition) is 2. The first-order valence-electron chi connectivity index (χ1n) is 14.1. The summed E-state index contributed by atoms with van der Waals surface area (Å²) in [5.74, 6) is 3.26. The zero-order chi connectivity index (χ0) is 31.4. The number of piperidine rings is 1. The van der Waals surface area contributed by atoms with E-state index in [1.807, 2.05) is 19.0 Å². The van der Waals surface area contributed by atoms with Gasteiger partial charge in [0.1, 0.15) is 11.9 Å². The molecule has 1 aliphatic heterocycles. The molecule has 12 heteroatoms. The topological polar surface area (TPSA) is 117 Å². The molecule has 0 spiro atoms. The number of rotatable bonds is 11. The van der Waals surface area contributed by atoms with Crippen molar-refractivity contribution in [1.29, 1.82) is 5.26 Å². The van der Waals surface area contributed by atoms with E-state index in [1.165, 1.54) is 22.1 Å². The first-order valence-corrected chi connectivity index (χ1v) is 14.1. The quantitative estimate of drug-likeness (QED) is 0.231. The Hall–Kier alpha value is -4.55. The first-order chi connectivity index (χ1) is 20.5. The van der Waals surface area contributed by atoms with Crippen molar-refractivity contribution in [1.82, 2.24) is 25.1 Å². The third-order valence-electron chi connectivity index (χ3n) is 6.77. The maximum Gasteiger partial charge on any atom is 0.265 e. The summed E-state index contributed by atoms with van der Waals surface area (Å²) in [5.41, 5.74) is 1.59. The van der Waals surface area contributed by atoms with Gasteiger partial charge in [-0.25, -0.2) is 13.8 Å². The minimum Gasteiger partial charge on any atom is -0.354 e. The number of aromatic nitrogens is 2. The van der Waals surface area contributed by atoms with Crippen molar-refractivity contribution in [2.24, 2.45) is 0 Å². The first kappa shape index (κ1) is 33.0. The van der Waals surface area contributed by atoms with Crippen LogP contribution in [-0.2, 0) is 9.59 Å². The number of anilines is 3. The Morgan fingerprint density at radius 2 is 1.98 bits per heavy atom. The smallest absolute Gasteiger partial charge is 0.265 e. The molecule has 1 aromatic heterocycles. The van der Waals surface area contributed by atoms with Crippen LogP contribution in [0.5, 0.6) is 0 Å². The highest BCUT2D eigenvalue weighted by molar-refractivity contribution is 5.92. The second-order valence-electron chi connectivity index (χ2n) is 10.6. The number of carbonyl (C=O) groups excluding carboxylic acids is 2. The molecule has 1 atom stereocenters. The van der Waals surface area contributed by atoms with Crippen LogP contribution in [0.15, 0.2) is 42.6 Å². The number of halogens is 2. The summed E-state index contributed by atoms with van der Waals surface area (Å²) in [6, 6.07) is 8.15. The molecule has 43 heavy (non-hydrogen) atoms. The fourth-order valence-corrected chi connectivity index (χ4v) is 4.21. The Balaban J connectivity index is 1.60. The van der Waals surface area contributed by atoms with Gasteiger partial charge in [0.2, 0.25) is 17.8 Å². The average molecular weight is 593 g/mol. The monoisotopic (exact) mass is 592 g/mol. The van der Waals surface area contributed by atoms with Crippen LogP contribution < -0.4 is 15.5 Å². The summed E-state index contributed by atoms with van der Waals surface area (Å²) in [6.45, 7) is 2.62. The number of hydrogen-bond acceptors (Lipinski definition) is 8. The Morgan fingerprint density at radius 3 is 2.65 bits per heavy atom. The number of likely N-dealkylation sites (N-methyl/N-ethyl adjacent to an activating group) is 2. The van der Waals surface area contributed by atoms with Gasteiger partial charge >= 0.3 is 0 Å². The molecule has 2 N–H and O–H groups in total. The van der Waals surface area contributed by atoms with Crippen LogP contribution in [0.1, 0.15) is 43.7 Å². The largest absolute Gasteiger partial charge is 0.354 e. The lowest BCUT2D eigenvalue weighted by molar-refractivity contribution is -0.135. The van der Waals surface area contributed by atoms with E-state index in [0.29, 0.717) is 61.5 Å². The number of benzene rings is 1. The summed E-state index contributed by atoms with van der Waals surface area (Å²) in [7, 11) is 5.38. The summed E-state index contributed by atoms with van der Waals surface area (Å²) in [5, 5.41) is 14.9. The van der Waals surface area contributed by atoms with Crippen LogP contribution in [0.2, 0.25) is 0 Å². The van der Waals surface area contributed by atoms with Gasteiger partial charge in [-0.15, -0.1) is 0 Å². The van der Waals surface area contributed by atoms with E-state index in [9.17, 15) is 18.4 Å². The molecule has 0 bridgehead atoms. The third-order valence-corrected chi connectivity index (χ3v) is 6.77. The lowest BCUT2D eigenvalue weighted by Gasteiger charge is -2.33. The van der Waals surface area contributed by atoms with Gasteiger partial charge in [-0.2, -0.15) is 10.2 Å². The fourth-order valence-electron chi connectivity index (χ4n) is 4.21. The van der Waals surface area contributed by atoms with Gasteiger partial charge in [0.15, 0.2) is 0 Å². The maximum absolute atomic E-state index is 14.3. The van der Waals surface area contributed by atoms with Gasteiger partial charge in [0, 0.05) is 51.3 Å². The molecule has 2 heterocycles. The van der Waals surface area contributed by atoms with E-state index in [4.69, 9.17) is 5.26 Å². The van der Waals surface area contributed by atoms with E-state index < -0.39 is 18.5 Å². The van der Waals surface area contributed by atoms with Crippen molar-refractivity contribution in [3.05, 3.63) is 53.7 Å². The normalized spacial score (nSPS) is 14.9. The molecule has 2 aromatic rings. The zero-order valence-corrected chi connectivity index (χ0v) is 25.0. The Bertz CT molecular complexity index is 1390. The molecule has 0 radical (unpaired) electrons. The number of nitrogens with one attached hydrogen (secondary N) is 2. The molecule has 0 aliphatic carbocycles.